The van der Waals surface area contributed by atoms with Crippen LogP contribution in [-0.2, 0) is 12.8 Å². The van der Waals surface area contributed by atoms with Gasteiger partial charge in [-0.1, -0.05) is 41.6 Å². The number of aromatic nitrogens is 5. The van der Waals surface area contributed by atoms with Crippen molar-refractivity contribution in [2.75, 3.05) is 0 Å². The Labute approximate surface area is 160 Å². The molecule has 7 heteroatoms. The molecule has 5 nitrogen and oxygen atoms in total. The van der Waals surface area contributed by atoms with Crippen LogP contribution < -0.4 is 0 Å². The average molecular weight is 382 g/mol. The Morgan fingerprint density at radius 3 is 2.46 bits per heavy atom. The predicted molar refractivity (Wildman–Crippen MR) is 105 cm³/mol. The van der Waals surface area contributed by atoms with Gasteiger partial charge in [-0.2, -0.15) is 0 Å². The maximum Gasteiger partial charge on any atom is 0.196 e. The maximum atomic E-state index is 6.03. The monoisotopic (exact) mass is 381 g/mol. The first-order chi connectivity index (χ1) is 12.7. The highest BCUT2D eigenvalue weighted by molar-refractivity contribution is 7.98. The van der Waals surface area contributed by atoms with Crippen molar-refractivity contribution in [3.05, 3.63) is 77.8 Å². The second-order valence-corrected chi connectivity index (χ2v) is 7.11. The molecular weight excluding hydrogens is 366 g/mol. The van der Waals surface area contributed by atoms with Crippen LogP contribution in [-0.4, -0.2) is 24.3 Å². The van der Waals surface area contributed by atoms with Gasteiger partial charge < -0.3 is 4.57 Å². The third-order valence-corrected chi connectivity index (χ3v) is 5.18. The molecule has 130 valence electrons. The van der Waals surface area contributed by atoms with Gasteiger partial charge in [0.25, 0.3) is 0 Å². The minimum atomic E-state index is 0.698. The summed E-state index contributed by atoms with van der Waals surface area (Å²) >= 11 is 7.64. The van der Waals surface area contributed by atoms with Crippen LogP contribution in [0.15, 0.2) is 72.1 Å². The molecule has 0 fully saturated rings. The molecule has 0 aliphatic rings. The van der Waals surface area contributed by atoms with Crippen LogP contribution in [0.3, 0.4) is 0 Å². The minimum Gasteiger partial charge on any atom is -0.337 e. The molecule has 0 aliphatic heterocycles. The van der Waals surface area contributed by atoms with Crippen molar-refractivity contribution in [3.63, 3.8) is 0 Å². The highest BCUT2D eigenvalue weighted by Gasteiger charge is 2.16. The molecule has 4 rings (SSSR count). The summed E-state index contributed by atoms with van der Waals surface area (Å²) in [5.41, 5.74) is 1.99. The number of aryl methyl sites for hydroxylation is 1. The molecule has 0 amide bonds. The van der Waals surface area contributed by atoms with Gasteiger partial charge in [-0.3, -0.25) is 4.57 Å². The highest BCUT2D eigenvalue weighted by atomic mass is 35.5. The summed E-state index contributed by atoms with van der Waals surface area (Å²) < 4.78 is 4.08. The first-order valence-electron chi connectivity index (χ1n) is 8.08. The van der Waals surface area contributed by atoms with Crippen LogP contribution in [0.4, 0.5) is 0 Å². The molecular formula is C19H16ClN5S. The van der Waals surface area contributed by atoms with E-state index in [0.29, 0.717) is 5.02 Å². The molecule has 0 aliphatic carbocycles. The summed E-state index contributed by atoms with van der Waals surface area (Å²) in [4.78, 5) is 4.38. The first-order valence-corrected chi connectivity index (χ1v) is 9.44. The van der Waals surface area contributed by atoms with Gasteiger partial charge in [-0.25, -0.2) is 4.98 Å². The number of para-hydroxylation sites is 1. The number of rotatable bonds is 5. The minimum absolute atomic E-state index is 0.698. The van der Waals surface area contributed by atoms with Crippen molar-refractivity contribution >= 4 is 23.4 Å². The fourth-order valence-corrected chi connectivity index (χ4v) is 3.71. The molecule has 0 spiro atoms. The fraction of sp³-hybridized carbons (Fsp3) is 0.105. The Hall–Kier alpha value is -2.57. The Balaban J connectivity index is 1.74. The van der Waals surface area contributed by atoms with E-state index in [-0.39, 0.29) is 0 Å². The van der Waals surface area contributed by atoms with Crippen molar-refractivity contribution in [2.24, 2.45) is 7.05 Å². The number of imidazole rings is 1. The van der Waals surface area contributed by atoms with Gasteiger partial charge in [0, 0.05) is 35.7 Å². The van der Waals surface area contributed by atoms with Crippen LogP contribution >= 0.6 is 23.4 Å². The lowest BCUT2D eigenvalue weighted by molar-refractivity contribution is 0.841. The quantitative estimate of drug-likeness (QED) is 0.473. The Bertz CT molecular complexity index is 1010. The highest BCUT2D eigenvalue weighted by Crippen LogP contribution is 2.29. The van der Waals surface area contributed by atoms with Crippen molar-refractivity contribution < 1.29 is 0 Å². The summed E-state index contributed by atoms with van der Waals surface area (Å²) in [7, 11) is 1.99. The van der Waals surface area contributed by atoms with Gasteiger partial charge in [0.2, 0.25) is 0 Å². The maximum absolute atomic E-state index is 6.03. The average Bonchev–Trinajstić information content (AvgIpc) is 3.27. The lowest BCUT2D eigenvalue weighted by atomic mass is 10.2. The summed E-state index contributed by atoms with van der Waals surface area (Å²) in [6.45, 7) is 0. The lowest BCUT2D eigenvalue weighted by Gasteiger charge is -2.10. The third kappa shape index (κ3) is 3.38. The molecule has 26 heavy (non-hydrogen) atoms. The molecule has 2 aromatic carbocycles. The SMILES string of the molecule is Cn1ccnc1CSc1nnc(-c2ccc(Cl)cc2)n1-c1ccccc1. The normalized spacial score (nSPS) is 11.0. The molecule has 0 saturated carbocycles. The molecule has 0 saturated heterocycles. The first kappa shape index (κ1) is 16.9. The van der Waals surface area contributed by atoms with E-state index >= 15 is 0 Å². The second kappa shape index (κ2) is 7.35. The van der Waals surface area contributed by atoms with Crippen LogP contribution in [0.25, 0.3) is 17.1 Å². The molecule has 4 aromatic rings. The predicted octanol–water partition coefficient (Wildman–Crippen LogP) is 4.61. The standard InChI is InChI=1S/C19H16ClN5S/c1-24-12-11-21-17(24)13-26-19-23-22-18(14-7-9-15(20)10-8-14)25(19)16-5-3-2-4-6-16/h2-12H,13H2,1H3. The number of hydrogen-bond acceptors (Lipinski definition) is 4. The van der Waals surface area contributed by atoms with Crippen molar-refractivity contribution in [1.29, 1.82) is 0 Å². The van der Waals surface area contributed by atoms with Crippen LogP contribution in [0.2, 0.25) is 5.02 Å². The lowest BCUT2D eigenvalue weighted by Crippen LogP contribution is -2.00. The van der Waals surface area contributed by atoms with E-state index in [0.717, 1.165) is 33.8 Å². The molecule has 0 unspecified atom stereocenters. The van der Waals surface area contributed by atoms with Crippen molar-refractivity contribution in [1.82, 2.24) is 24.3 Å². The van der Waals surface area contributed by atoms with Crippen LogP contribution in [0.5, 0.6) is 0 Å². The molecule has 0 bridgehead atoms. The number of benzene rings is 2. The molecule has 0 atom stereocenters. The zero-order valence-corrected chi connectivity index (χ0v) is 15.7. The zero-order chi connectivity index (χ0) is 17.9. The summed E-state index contributed by atoms with van der Waals surface area (Å²) in [6.07, 6.45) is 3.74. The fourth-order valence-electron chi connectivity index (χ4n) is 2.62. The Morgan fingerprint density at radius 2 is 1.77 bits per heavy atom. The number of hydrogen-bond donors (Lipinski definition) is 0. The topological polar surface area (TPSA) is 48.5 Å². The third-order valence-electron chi connectivity index (χ3n) is 4.00. The van der Waals surface area contributed by atoms with Crippen molar-refractivity contribution in [2.45, 2.75) is 10.9 Å². The van der Waals surface area contributed by atoms with E-state index in [1.54, 1.807) is 18.0 Å². The Kier molecular flexibility index (Phi) is 4.77. The van der Waals surface area contributed by atoms with E-state index in [1.165, 1.54) is 0 Å². The van der Waals surface area contributed by atoms with E-state index in [1.807, 2.05) is 72.4 Å². The number of thioether (sulfide) groups is 1. The molecule has 2 heterocycles. The van der Waals surface area contributed by atoms with E-state index in [4.69, 9.17) is 11.6 Å². The summed E-state index contributed by atoms with van der Waals surface area (Å²) in [5, 5.41) is 10.4. The van der Waals surface area contributed by atoms with Crippen LogP contribution in [0.1, 0.15) is 5.82 Å². The molecule has 0 N–H and O–H groups in total. The van der Waals surface area contributed by atoms with Gasteiger partial charge in [0.05, 0.1) is 5.75 Å². The summed E-state index contributed by atoms with van der Waals surface area (Å²) in [5.74, 6) is 2.50. The van der Waals surface area contributed by atoms with Gasteiger partial charge in [0.15, 0.2) is 11.0 Å². The van der Waals surface area contributed by atoms with Crippen molar-refractivity contribution in [3.8, 4) is 17.1 Å². The zero-order valence-electron chi connectivity index (χ0n) is 14.1. The van der Waals surface area contributed by atoms with Gasteiger partial charge >= 0.3 is 0 Å². The number of nitrogens with zero attached hydrogens (tertiary/aromatic N) is 5. The van der Waals surface area contributed by atoms with Gasteiger partial charge in [0.1, 0.15) is 5.82 Å². The van der Waals surface area contributed by atoms with E-state index in [9.17, 15) is 0 Å². The van der Waals surface area contributed by atoms with E-state index in [2.05, 4.69) is 19.7 Å². The van der Waals surface area contributed by atoms with E-state index < -0.39 is 0 Å². The molecule has 2 aromatic heterocycles. The smallest absolute Gasteiger partial charge is 0.196 e. The molecule has 0 radical (unpaired) electrons. The largest absolute Gasteiger partial charge is 0.337 e. The Morgan fingerprint density at radius 1 is 1.00 bits per heavy atom. The number of halogens is 1. The van der Waals surface area contributed by atoms with Gasteiger partial charge in [-0.15, -0.1) is 10.2 Å². The van der Waals surface area contributed by atoms with Crippen LogP contribution in [0, 0.1) is 0 Å². The second-order valence-electron chi connectivity index (χ2n) is 5.73. The summed E-state index contributed by atoms with van der Waals surface area (Å²) in [6, 6.07) is 17.8. The van der Waals surface area contributed by atoms with Gasteiger partial charge in [-0.05, 0) is 36.4 Å².